The molecule has 0 spiro atoms. The summed E-state index contributed by atoms with van der Waals surface area (Å²) >= 11 is 1.75. The fourth-order valence-corrected chi connectivity index (χ4v) is 3.67. The Bertz CT molecular complexity index is 332. The van der Waals surface area contributed by atoms with Crippen molar-refractivity contribution in [3.63, 3.8) is 0 Å². The molecule has 3 heteroatoms. The summed E-state index contributed by atoms with van der Waals surface area (Å²) in [5.74, 6) is 0.850. The van der Waals surface area contributed by atoms with Gasteiger partial charge < -0.3 is 5.32 Å². The molecule has 2 rings (SSSR count). The lowest BCUT2D eigenvalue weighted by atomic mass is 9.81. The van der Waals surface area contributed by atoms with Crippen molar-refractivity contribution in [2.45, 2.75) is 64.5 Å². The van der Waals surface area contributed by atoms with Crippen LogP contribution < -0.4 is 5.32 Å². The molecule has 0 radical (unpaired) electrons. The highest BCUT2D eigenvalue weighted by Gasteiger charge is 2.31. The number of hydrogen-bond donors (Lipinski definition) is 1. The first-order valence-electron chi connectivity index (χ1n) is 6.81. The molecule has 0 aromatic carbocycles. The molecule has 1 aromatic heterocycles. The lowest BCUT2D eigenvalue weighted by Crippen LogP contribution is -2.48. The van der Waals surface area contributed by atoms with Crippen molar-refractivity contribution in [2.24, 2.45) is 5.92 Å². The van der Waals surface area contributed by atoms with E-state index in [0.717, 1.165) is 5.92 Å². The highest BCUT2D eigenvalue weighted by atomic mass is 32.1. The average Bonchev–Trinajstić information content (AvgIpc) is 2.83. The van der Waals surface area contributed by atoms with Gasteiger partial charge in [-0.1, -0.05) is 26.2 Å². The molecule has 0 bridgehead atoms. The fraction of sp³-hybridized carbons (Fsp3) is 0.786. The van der Waals surface area contributed by atoms with Gasteiger partial charge in [0.1, 0.15) is 5.01 Å². The zero-order valence-electron chi connectivity index (χ0n) is 11.2. The summed E-state index contributed by atoms with van der Waals surface area (Å²) in [5, 5.41) is 7.12. The second-order valence-electron chi connectivity index (χ2n) is 5.67. The lowest BCUT2D eigenvalue weighted by molar-refractivity contribution is 0.205. The maximum atomic E-state index is 4.46. The molecule has 1 heterocycles. The van der Waals surface area contributed by atoms with Crippen LogP contribution in [0, 0.1) is 5.92 Å². The van der Waals surface area contributed by atoms with E-state index >= 15 is 0 Å². The van der Waals surface area contributed by atoms with E-state index in [9.17, 15) is 0 Å². The lowest BCUT2D eigenvalue weighted by Gasteiger charge is -2.37. The van der Waals surface area contributed by atoms with Gasteiger partial charge in [-0.2, -0.15) is 0 Å². The van der Waals surface area contributed by atoms with Crippen molar-refractivity contribution in [3.8, 4) is 0 Å². The molecule has 2 atom stereocenters. The molecule has 1 fully saturated rings. The van der Waals surface area contributed by atoms with Crippen LogP contribution in [0.15, 0.2) is 11.6 Å². The van der Waals surface area contributed by atoms with E-state index < -0.39 is 0 Å². The van der Waals surface area contributed by atoms with Crippen molar-refractivity contribution >= 4 is 11.3 Å². The van der Waals surface area contributed by atoms with Gasteiger partial charge in [0.15, 0.2) is 0 Å². The van der Waals surface area contributed by atoms with Crippen molar-refractivity contribution in [1.29, 1.82) is 0 Å². The van der Waals surface area contributed by atoms with E-state index in [1.54, 1.807) is 11.3 Å². The van der Waals surface area contributed by atoms with Gasteiger partial charge in [0, 0.05) is 17.6 Å². The predicted octanol–water partition coefficient (Wildman–Crippen LogP) is 3.94. The fourth-order valence-electron chi connectivity index (χ4n) is 2.94. The van der Waals surface area contributed by atoms with Gasteiger partial charge in [0.25, 0.3) is 0 Å². The zero-order valence-corrected chi connectivity index (χ0v) is 12.0. The highest BCUT2D eigenvalue weighted by Crippen LogP contribution is 2.31. The number of nitrogens with zero attached hydrogens (tertiary/aromatic N) is 1. The quantitative estimate of drug-likeness (QED) is 0.878. The van der Waals surface area contributed by atoms with Gasteiger partial charge >= 0.3 is 0 Å². The molecule has 0 amide bonds. The van der Waals surface area contributed by atoms with E-state index in [-0.39, 0.29) is 5.54 Å². The average molecular weight is 252 g/mol. The minimum atomic E-state index is 0.0175. The van der Waals surface area contributed by atoms with Crippen molar-refractivity contribution in [3.05, 3.63) is 16.6 Å². The van der Waals surface area contributed by atoms with Crippen LogP contribution in [0.3, 0.4) is 0 Å². The Morgan fingerprint density at radius 1 is 1.41 bits per heavy atom. The SMILES string of the molecule is CCC1CCCCC1NC(C)(C)c1nccs1. The largest absolute Gasteiger partial charge is 0.303 e. The summed E-state index contributed by atoms with van der Waals surface area (Å²) in [6, 6.07) is 0.674. The topological polar surface area (TPSA) is 24.9 Å². The molecule has 2 unspecified atom stereocenters. The third-order valence-corrected chi connectivity index (χ3v) is 5.04. The minimum Gasteiger partial charge on any atom is -0.303 e. The summed E-state index contributed by atoms with van der Waals surface area (Å²) in [5.41, 5.74) is 0.0175. The maximum Gasteiger partial charge on any atom is 0.112 e. The molecule has 96 valence electrons. The summed E-state index contributed by atoms with van der Waals surface area (Å²) in [4.78, 5) is 4.46. The molecular weight excluding hydrogens is 228 g/mol. The van der Waals surface area contributed by atoms with Crippen LogP contribution in [0.1, 0.15) is 57.9 Å². The molecule has 17 heavy (non-hydrogen) atoms. The van der Waals surface area contributed by atoms with Crippen LogP contribution in [0.25, 0.3) is 0 Å². The molecule has 1 aliphatic rings. The second kappa shape index (κ2) is 5.49. The van der Waals surface area contributed by atoms with Crippen LogP contribution >= 0.6 is 11.3 Å². The van der Waals surface area contributed by atoms with E-state index in [1.807, 2.05) is 6.20 Å². The first-order chi connectivity index (χ1) is 8.13. The number of thiazole rings is 1. The third-order valence-electron chi connectivity index (χ3n) is 3.95. The van der Waals surface area contributed by atoms with Crippen LogP contribution in [0.5, 0.6) is 0 Å². The predicted molar refractivity (Wildman–Crippen MR) is 74.3 cm³/mol. The smallest absolute Gasteiger partial charge is 0.112 e. The summed E-state index contributed by atoms with van der Waals surface area (Å²) in [6.45, 7) is 6.83. The zero-order chi connectivity index (χ0) is 12.3. The van der Waals surface area contributed by atoms with Crippen molar-refractivity contribution in [2.75, 3.05) is 0 Å². The first kappa shape index (κ1) is 13.0. The van der Waals surface area contributed by atoms with Gasteiger partial charge in [-0.15, -0.1) is 11.3 Å². The van der Waals surface area contributed by atoms with Crippen LogP contribution in [0.4, 0.5) is 0 Å². The third kappa shape index (κ3) is 3.08. The number of hydrogen-bond acceptors (Lipinski definition) is 3. The molecule has 1 N–H and O–H groups in total. The number of nitrogens with one attached hydrogen (secondary N) is 1. The monoisotopic (exact) mass is 252 g/mol. The van der Waals surface area contributed by atoms with Gasteiger partial charge in [0.2, 0.25) is 0 Å². The van der Waals surface area contributed by atoms with Gasteiger partial charge in [-0.3, -0.25) is 0 Å². The molecule has 2 nitrogen and oxygen atoms in total. The first-order valence-corrected chi connectivity index (χ1v) is 7.69. The van der Waals surface area contributed by atoms with Gasteiger partial charge in [-0.05, 0) is 32.6 Å². The van der Waals surface area contributed by atoms with Gasteiger partial charge in [-0.25, -0.2) is 4.98 Å². The molecule has 1 saturated carbocycles. The normalized spacial score (nSPS) is 26.1. The Kier molecular flexibility index (Phi) is 4.21. The molecule has 1 aromatic rings. The summed E-state index contributed by atoms with van der Waals surface area (Å²) in [6.07, 6.45) is 8.71. The Morgan fingerprint density at radius 3 is 2.82 bits per heavy atom. The molecule has 0 saturated heterocycles. The minimum absolute atomic E-state index is 0.0175. The standard InChI is InChI=1S/C14H24N2S/c1-4-11-7-5-6-8-12(11)16-14(2,3)13-15-9-10-17-13/h9-12,16H,4-8H2,1-3H3. The molecule has 0 aliphatic heterocycles. The molecular formula is C14H24N2S. The number of aromatic nitrogens is 1. The second-order valence-corrected chi connectivity index (χ2v) is 6.56. The van der Waals surface area contributed by atoms with E-state index in [1.165, 1.54) is 37.1 Å². The van der Waals surface area contributed by atoms with Gasteiger partial charge in [0.05, 0.1) is 5.54 Å². The Labute approximate surface area is 109 Å². The van der Waals surface area contributed by atoms with E-state index in [2.05, 4.69) is 36.5 Å². The molecule has 1 aliphatic carbocycles. The Balaban J connectivity index is 2.03. The van der Waals surface area contributed by atoms with Crippen LogP contribution in [-0.2, 0) is 5.54 Å². The Hall–Kier alpha value is -0.410. The van der Waals surface area contributed by atoms with Crippen LogP contribution in [-0.4, -0.2) is 11.0 Å². The van der Waals surface area contributed by atoms with Crippen molar-refractivity contribution in [1.82, 2.24) is 10.3 Å². The summed E-state index contributed by atoms with van der Waals surface area (Å²) in [7, 11) is 0. The van der Waals surface area contributed by atoms with E-state index in [0.29, 0.717) is 6.04 Å². The van der Waals surface area contributed by atoms with Crippen molar-refractivity contribution < 1.29 is 0 Å². The Morgan fingerprint density at radius 2 is 2.18 bits per heavy atom. The summed E-state index contributed by atoms with van der Waals surface area (Å²) < 4.78 is 0. The maximum absolute atomic E-state index is 4.46. The van der Waals surface area contributed by atoms with Crippen LogP contribution in [0.2, 0.25) is 0 Å². The highest BCUT2D eigenvalue weighted by molar-refractivity contribution is 7.09. The van der Waals surface area contributed by atoms with E-state index in [4.69, 9.17) is 0 Å². The number of rotatable bonds is 4.